The van der Waals surface area contributed by atoms with Gasteiger partial charge >= 0.3 is 0 Å². The van der Waals surface area contributed by atoms with Gasteiger partial charge in [0.25, 0.3) is 5.91 Å². The van der Waals surface area contributed by atoms with Crippen molar-refractivity contribution in [3.8, 4) is 0 Å². The van der Waals surface area contributed by atoms with Crippen molar-refractivity contribution >= 4 is 60.9 Å². The van der Waals surface area contributed by atoms with Gasteiger partial charge in [0.2, 0.25) is 11.8 Å². The summed E-state index contributed by atoms with van der Waals surface area (Å²) in [5.41, 5.74) is -0.590. The Morgan fingerprint density at radius 1 is 1.41 bits per heavy atom. The number of nitrogens with zero attached hydrogens (tertiary/aromatic N) is 1. The van der Waals surface area contributed by atoms with Crippen molar-refractivity contribution < 1.29 is 19.1 Å². The maximum absolute atomic E-state index is 13.0. The fourth-order valence-electron chi connectivity index (χ4n) is 3.88. The summed E-state index contributed by atoms with van der Waals surface area (Å²) in [6.07, 6.45) is 2.53. The van der Waals surface area contributed by atoms with Crippen LogP contribution in [0.3, 0.4) is 0 Å². The van der Waals surface area contributed by atoms with E-state index in [-0.39, 0.29) is 23.8 Å². The number of amides is 3. The molecule has 3 atom stereocenters. The number of likely N-dealkylation sites (tertiary alicyclic amines) is 1. The molecular formula is C19H25Br2N3O4S. The molecule has 29 heavy (non-hydrogen) atoms. The van der Waals surface area contributed by atoms with Crippen LogP contribution < -0.4 is 10.6 Å². The highest BCUT2D eigenvalue weighted by Gasteiger charge is 2.44. The molecule has 7 nitrogen and oxygen atoms in total. The van der Waals surface area contributed by atoms with Crippen molar-refractivity contribution in [3.63, 3.8) is 0 Å². The molecule has 3 heterocycles. The molecular weight excluding hydrogens is 526 g/mol. The third-order valence-electron chi connectivity index (χ3n) is 5.61. The third-order valence-corrected chi connectivity index (χ3v) is 9.12. The summed E-state index contributed by atoms with van der Waals surface area (Å²) in [7, 11) is 1.61. The average molecular weight is 551 g/mol. The van der Waals surface area contributed by atoms with Crippen molar-refractivity contribution in [1.29, 1.82) is 0 Å². The predicted octanol–water partition coefficient (Wildman–Crippen LogP) is 2.93. The van der Waals surface area contributed by atoms with E-state index in [4.69, 9.17) is 4.74 Å². The monoisotopic (exact) mass is 549 g/mol. The first-order chi connectivity index (χ1) is 13.8. The molecule has 1 aromatic heterocycles. The van der Waals surface area contributed by atoms with Crippen LogP contribution in [-0.2, 0) is 14.3 Å². The molecule has 3 unspecified atom stereocenters. The van der Waals surface area contributed by atoms with E-state index < -0.39 is 11.5 Å². The van der Waals surface area contributed by atoms with E-state index >= 15 is 0 Å². The summed E-state index contributed by atoms with van der Waals surface area (Å²) in [4.78, 5) is 40.6. The third kappa shape index (κ3) is 5.03. The Bertz CT molecular complexity index is 802. The summed E-state index contributed by atoms with van der Waals surface area (Å²) in [6.45, 7) is 3.34. The second-order valence-electron chi connectivity index (χ2n) is 7.76. The quantitative estimate of drug-likeness (QED) is 0.533. The molecule has 2 aliphatic rings. The number of methoxy groups -OCH3 is 1. The molecule has 0 aliphatic carbocycles. The highest BCUT2D eigenvalue weighted by Crippen LogP contribution is 2.35. The van der Waals surface area contributed by atoms with Crippen molar-refractivity contribution in [3.05, 3.63) is 19.2 Å². The van der Waals surface area contributed by atoms with Gasteiger partial charge in [-0.05, 0) is 64.5 Å². The molecule has 3 amide bonds. The second kappa shape index (κ2) is 9.45. The van der Waals surface area contributed by atoms with E-state index in [2.05, 4.69) is 42.5 Å². The van der Waals surface area contributed by atoms with Crippen molar-refractivity contribution in [2.45, 2.75) is 44.2 Å². The number of nitrogens with one attached hydrogen (secondary N) is 2. The first kappa shape index (κ1) is 22.7. The molecule has 0 aromatic carbocycles. The Labute approximate surface area is 191 Å². The van der Waals surface area contributed by atoms with Gasteiger partial charge < -0.3 is 20.3 Å². The Balaban J connectivity index is 1.72. The van der Waals surface area contributed by atoms with E-state index in [1.165, 1.54) is 11.3 Å². The molecule has 2 N–H and O–H groups in total. The summed E-state index contributed by atoms with van der Waals surface area (Å²) in [5.74, 6) is -1.23. The Morgan fingerprint density at radius 3 is 2.79 bits per heavy atom. The molecule has 0 spiro atoms. The van der Waals surface area contributed by atoms with Gasteiger partial charge in [0.05, 0.1) is 10.0 Å². The summed E-state index contributed by atoms with van der Waals surface area (Å²) < 4.78 is 6.85. The van der Waals surface area contributed by atoms with Crippen LogP contribution in [0.5, 0.6) is 0 Å². The zero-order valence-electron chi connectivity index (χ0n) is 16.4. The SMILES string of the molecule is COCCC1(NC(=O)C2CCC(C)NC2=O)CCN(C(=O)c2scc(Br)c2Br)C1. The normalized spacial score (nSPS) is 27.0. The van der Waals surface area contributed by atoms with Crippen LogP contribution in [0.15, 0.2) is 14.3 Å². The molecule has 2 fully saturated rings. The van der Waals surface area contributed by atoms with E-state index in [0.29, 0.717) is 43.8 Å². The number of hydrogen-bond acceptors (Lipinski definition) is 5. The molecule has 0 bridgehead atoms. The fourth-order valence-corrected chi connectivity index (χ4v) is 5.99. The minimum atomic E-state index is -0.683. The van der Waals surface area contributed by atoms with Crippen LogP contribution in [-0.4, -0.2) is 61.0 Å². The Hall–Kier alpha value is -0.970. The molecule has 1 aromatic rings. The highest BCUT2D eigenvalue weighted by molar-refractivity contribution is 9.13. The van der Waals surface area contributed by atoms with Gasteiger partial charge in [0, 0.05) is 42.7 Å². The van der Waals surface area contributed by atoms with Gasteiger partial charge in [-0.1, -0.05) is 0 Å². The lowest BCUT2D eigenvalue weighted by Gasteiger charge is -2.33. The number of piperidine rings is 1. The van der Waals surface area contributed by atoms with E-state index in [0.717, 1.165) is 15.4 Å². The molecule has 3 rings (SSSR count). The number of hydrogen-bond donors (Lipinski definition) is 2. The number of thiophene rings is 1. The van der Waals surface area contributed by atoms with Gasteiger partial charge in [-0.25, -0.2) is 0 Å². The van der Waals surface area contributed by atoms with Gasteiger partial charge in [0.1, 0.15) is 10.8 Å². The van der Waals surface area contributed by atoms with Crippen LogP contribution in [0.2, 0.25) is 0 Å². The molecule has 0 radical (unpaired) electrons. The molecule has 2 aliphatic heterocycles. The maximum atomic E-state index is 13.0. The lowest BCUT2D eigenvalue weighted by Crippen LogP contribution is -2.56. The predicted molar refractivity (Wildman–Crippen MR) is 118 cm³/mol. The van der Waals surface area contributed by atoms with Crippen LogP contribution in [0.1, 0.15) is 42.3 Å². The van der Waals surface area contributed by atoms with E-state index in [1.807, 2.05) is 12.3 Å². The smallest absolute Gasteiger partial charge is 0.265 e. The summed E-state index contributed by atoms with van der Waals surface area (Å²) in [5, 5.41) is 7.83. The van der Waals surface area contributed by atoms with Gasteiger partial charge in [0.15, 0.2) is 0 Å². The van der Waals surface area contributed by atoms with Crippen molar-refractivity contribution in [2.24, 2.45) is 5.92 Å². The Morgan fingerprint density at radius 2 is 2.17 bits per heavy atom. The molecule has 2 saturated heterocycles. The largest absolute Gasteiger partial charge is 0.385 e. The molecule has 10 heteroatoms. The maximum Gasteiger partial charge on any atom is 0.265 e. The lowest BCUT2D eigenvalue weighted by atomic mass is 9.90. The van der Waals surface area contributed by atoms with Gasteiger partial charge in [-0.2, -0.15) is 0 Å². The van der Waals surface area contributed by atoms with Crippen LogP contribution in [0.4, 0.5) is 0 Å². The zero-order chi connectivity index (χ0) is 21.2. The van der Waals surface area contributed by atoms with Gasteiger partial charge in [-0.15, -0.1) is 11.3 Å². The minimum Gasteiger partial charge on any atom is -0.385 e. The number of rotatable bonds is 6. The first-order valence-electron chi connectivity index (χ1n) is 9.59. The second-order valence-corrected chi connectivity index (χ2v) is 10.3. The topological polar surface area (TPSA) is 87.7 Å². The highest BCUT2D eigenvalue weighted by atomic mass is 79.9. The van der Waals surface area contributed by atoms with E-state index in [1.54, 1.807) is 12.0 Å². The van der Waals surface area contributed by atoms with Crippen LogP contribution in [0, 0.1) is 5.92 Å². The number of ether oxygens (including phenoxy) is 1. The van der Waals surface area contributed by atoms with Crippen LogP contribution in [0.25, 0.3) is 0 Å². The Kier molecular flexibility index (Phi) is 7.40. The fraction of sp³-hybridized carbons (Fsp3) is 0.632. The van der Waals surface area contributed by atoms with Gasteiger partial charge in [-0.3, -0.25) is 14.4 Å². The van der Waals surface area contributed by atoms with E-state index in [9.17, 15) is 14.4 Å². The number of carbonyl (C=O) groups is 3. The standard InChI is InChI=1S/C19H25Br2N3O4S/c1-11-3-4-12(16(25)22-11)17(26)23-19(6-8-28-2)5-7-24(10-19)18(27)15-14(21)13(20)9-29-15/h9,11-12H,3-8,10H2,1-2H3,(H,22,25)(H,23,26). The molecule has 0 saturated carbocycles. The number of halogens is 2. The summed E-state index contributed by atoms with van der Waals surface area (Å²) >= 11 is 8.25. The summed E-state index contributed by atoms with van der Waals surface area (Å²) in [6, 6.07) is 0.0946. The zero-order valence-corrected chi connectivity index (χ0v) is 20.4. The molecule has 160 valence electrons. The first-order valence-corrected chi connectivity index (χ1v) is 12.1. The lowest BCUT2D eigenvalue weighted by molar-refractivity contribution is -0.138. The van der Waals surface area contributed by atoms with Crippen molar-refractivity contribution in [1.82, 2.24) is 15.5 Å². The van der Waals surface area contributed by atoms with Crippen LogP contribution >= 0.6 is 43.2 Å². The minimum absolute atomic E-state index is 0.0645. The number of carbonyl (C=O) groups excluding carboxylic acids is 3. The average Bonchev–Trinajstić information content (AvgIpc) is 3.24. The van der Waals surface area contributed by atoms with Crippen molar-refractivity contribution in [2.75, 3.05) is 26.8 Å².